The van der Waals surface area contributed by atoms with E-state index in [2.05, 4.69) is 19.2 Å². The first-order valence-electron chi connectivity index (χ1n) is 6.43. The Morgan fingerprint density at radius 1 is 1.47 bits per heavy atom. The van der Waals surface area contributed by atoms with Crippen molar-refractivity contribution >= 4 is 21.0 Å². The van der Waals surface area contributed by atoms with E-state index in [0.29, 0.717) is 31.5 Å². The van der Waals surface area contributed by atoms with E-state index in [1.54, 1.807) is 6.33 Å². The fraction of sp³-hybridized carbons (Fsp3) is 0.636. The second-order valence-corrected chi connectivity index (χ2v) is 5.11. The summed E-state index contributed by atoms with van der Waals surface area (Å²) in [6.07, 6.45) is 4.34. The molecule has 2 atom stereocenters. The molecule has 0 aromatic carbocycles. The van der Waals surface area contributed by atoms with Crippen LogP contribution in [0.25, 0.3) is 0 Å². The average Bonchev–Trinajstić information content (AvgIpc) is 3.12. The van der Waals surface area contributed by atoms with Crippen molar-refractivity contribution in [2.75, 3.05) is 13.0 Å². The van der Waals surface area contributed by atoms with E-state index in [1.807, 2.05) is 9.47 Å². The highest BCUT2D eigenvalue weighted by atomic mass is 31.0. The normalized spacial score (nSPS) is 22.3. The third-order valence-corrected chi connectivity index (χ3v) is 3.67. The maximum atomic E-state index is 6.24. The molecule has 2 unspecified atom stereocenters. The van der Waals surface area contributed by atoms with Crippen LogP contribution in [0.2, 0.25) is 0 Å². The van der Waals surface area contributed by atoms with Gasteiger partial charge < -0.3 is 25.7 Å². The van der Waals surface area contributed by atoms with Crippen molar-refractivity contribution in [3.63, 3.8) is 0 Å². The van der Waals surface area contributed by atoms with E-state index in [4.69, 9.17) is 16.2 Å². The Hall–Kier alpha value is -1.17. The third kappa shape index (κ3) is 2.33. The van der Waals surface area contributed by atoms with Crippen LogP contribution in [0.1, 0.15) is 24.7 Å². The van der Waals surface area contributed by atoms with Crippen molar-refractivity contribution in [1.82, 2.24) is 14.5 Å². The van der Waals surface area contributed by atoms with Crippen LogP contribution in [0.5, 0.6) is 0 Å². The van der Waals surface area contributed by atoms with Crippen molar-refractivity contribution in [2.45, 2.75) is 31.6 Å². The lowest BCUT2D eigenvalue weighted by atomic mass is 10.2. The van der Waals surface area contributed by atoms with Crippen molar-refractivity contribution in [1.29, 1.82) is 0 Å². The van der Waals surface area contributed by atoms with Gasteiger partial charge in [-0.3, -0.25) is 0 Å². The monoisotopic (exact) mass is 282 g/mol. The third-order valence-electron chi connectivity index (χ3n) is 3.44. The summed E-state index contributed by atoms with van der Waals surface area (Å²) in [5.41, 5.74) is 13.1. The minimum Gasteiger partial charge on any atom is -0.376 e. The van der Waals surface area contributed by atoms with Crippen LogP contribution in [0.3, 0.4) is 0 Å². The van der Waals surface area contributed by atoms with Crippen LogP contribution in [0, 0.1) is 0 Å². The first-order chi connectivity index (χ1) is 9.22. The number of nitrogens with zero attached hydrogens (tertiary/aromatic N) is 4. The van der Waals surface area contributed by atoms with E-state index in [-0.39, 0.29) is 6.17 Å². The molecule has 0 radical (unpaired) electrons. The number of hydrogen-bond donors (Lipinski definition) is 2. The summed E-state index contributed by atoms with van der Waals surface area (Å²) >= 11 is 0. The van der Waals surface area contributed by atoms with E-state index in [1.165, 1.54) is 0 Å². The number of rotatable bonds is 5. The van der Waals surface area contributed by atoms with Gasteiger partial charge in [-0.25, -0.2) is 4.98 Å². The first-order valence-corrected chi connectivity index (χ1v) is 7.25. The van der Waals surface area contributed by atoms with Crippen LogP contribution in [-0.2, 0) is 11.3 Å². The lowest BCUT2D eigenvalue weighted by Gasteiger charge is -2.32. The molecule has 1 fully saturated rings. The first kappa shape index (κ1) is 12.8. The topological polar surface area (TPSA) is 94.7 Å². The molecular weight excluding hydrogens is 263 g/mol. The molecule has 19 heavy (non-hydrogen) atoms. The number of ether oxygens (including phenoxy) is 1. The molecule has 1 aliphatic carbocycles. The zero-order valence-corrected chi connectivity index (χ0v) is 11.9. The summed E-state index contributed by atoms with van der Waals surface area (Å²) in [7, 11) is 2.53. The van der Waals surface area contributed by atoms with Gasteiger partial charge in [0.1, 0.15) is 11.9 Å². The Labute approximate surface area is 114 Å². The molecule has 0 spiro atoms. The Kier molecular flexibility index (Phi) is 3.43. The standard InChI is InChI=1S/C11H19N6OP/c12-9-8-10(15-11(13)17(9)7-1-2-7)16(5-14-8)3-4-18-6-19/h5,7,9H,1-4,6,12,19H2,(H2,13,15). The molecular formula is C11H19N6OP. The van der Waals surface area contributed by atoms with Crippen molar-refractivity contribution < 1.29 is 4.74 Å². The highest BCUT2D eigenvalue weighted by molar-refractivity contribution is 7.16. The van der Waals surface area contributed by atoms with Crippen LogP contribution >= 0.6 is 9.24 Å². The van der Waals surface area contributed by atoms with Crippen molar-refractivity contribution in [3.05, 3.63) is 12.0 Å². The fourth-order valence-corrected chi connectivity index (χ4v) is 2.51. The lowest BCUT2D eigenvalue weighted by molar-refractivity contribution is 0.172. The number of guanidine groups is 1. The number of aliphatic imine (C=N–C) groups is 1. The molecule has 1 aromatic heterocycles. The highest BCUT2D eigenvalue weighted by Gasteiger charge is 2.39. The van der Waals surface area contributed by atoms with Gasteiger partial charge in [0.05, 0.1) is 19.3 Å². The Morgan fingerprint density at radius 3 is 2.95 bits per heavy atom. The summed E-state index contributed by atoms with van der Waals surface area (Å²) in [5.74, 6) is 1.26. The number of nitrogens with two attached hydrogens (primary N) is 2. The van der Waals surface area contributed by atoms with Gasteiger partial charge >= 0.3 is 0 Å². The predicted molar refractivity (Wildman–Crippen MR) is 75.8 cm³/mol. The molecule has 1 saturated carbocycles. The summed E-state index contributed by atoms with van der Waals surface area (Å²) in [4.78, 5) is 10.8. The second kappa shape index (κ2) is 5.07. The molecule has 2 heterocycles. The zero-order valence-electron chi connectivity index (χ0n) is 10.7. The molecule has 1 aliphatic heterocycles. The maximum Gasteiger partial charge on any atom is 0.199 e. The molecule has 0 saturated heterocycles. The number of imidazole rings is 1. The van der Waals surface area contributed by atoms with E-state index in [9.17, 15) is 0 Å². The molecule has 0 bridgehead atoms. The Balaban J connectivity index is 1.83. The van der Waals surface area contributed by atoms with E-state index >= 15 is 0 Å². The molecule has 0 amide bonds. The van der Waals surface area contributed by atoms with Crippen molar-refractivity contribution in [3.8, 4) is 0 Å². The smallest absolute Gasteiger partial charge is 0.199 e. The summed E-state index contributed by atoms with van der Waals surface area (Å²) in [6, 6.07) is 0.428. The SMILES string of the molecule is NC1=Nc2c(ncn2CCOCP)C(N)N1C1CC1. The number of fused-ring (bicyclic) bond motifs is 1. The second-order valence-electron chi connectivity index (χ2n) is 4.78. The Bertz CT molecular complexity index is 497. The summed E-state index contributed by atoms with van der Waals surface area (Å²) in [5, 5.41) is 0. The zero-order chi connectivity index (χ0) is 13.4. The number of aromatic nitrogens is 2. The summed E-state index contributed by atoms with van der Waals surface area (Å²) < 4.78 is 7.25. The van der Waals surface area contributed by atoms with Crippen LogP contribution in [0.15, 0.2) is 11.3 Å². The molecule has 2 aliphatic rings. The van der Waals surface area contributed by atoms with Gasteiger partial charge in [-0.15, -0.1) is 9.24 Å². The fourth-order valence-electron chi connectivity index (χ4n) is 2.34. The van der Waals surface area contributed by atoms with Gasteiger partial charge in [-0.2, -0.15) is 4.99 Å². The van der Waals surface area contributed by atoms with Gasteiger partial charge in [-0.05, 0) is 12.8 Å². The van der Waals surface area contributed by atoms with Crippen LogP contribution in [0.4, 0.5) is 5.82 Å². The molecule has 3 rings (SSSR count). The van der Waals surface area contributed by atoms with Gasteiger partial charge in [-0.1, -0.05) is 0 Å². The van der Waals surface area contributed by atoms with Crippen LogP contribution in [-0.4, -0.2) is 39.4 Å². The largest absolute Gasteiger partial charge is 0.376 e. The van der Waals surface area contributed by atoms with Gasteiger partial charge in [0, 0.05) is 12.6 Å². The van der Waals surface area contributed by atoms with Crippen molar-refractivity contribution in [2.24, 2.45) is 16.5 Å². The van der Waals surface area contributed by atoms with Gasteiger partial charge in [0.2, 0.25) is 0 Å². The molecule has 7 nitrogen and oxygen atoms in total. The molecule has 4 N–H and O–H groups in total. The van der Waals surface area contributed by atoms with Crippen LogP contribution < -0.4 is 11.5 Å². The predicted octanol–water partition coefficient (Wildman–Crippen LogP) is 0.114. The van der Waals surface area contributed by atoms with E-state index < -0.39 is 0 Å². The quantitative estimate of drug-likeness (QED) is 0.590. The van der Waals surface area contributed by atoms with Gasteiger partial charge in [0.15, 0.2) is 11.8 Å². The molecule has 104 valence electrons. The minimum absolute atomic E-state index is 0.288. The highest BCUT2D eigenvalue weighted by Crippen LogP contribution is 2.37. The Morgan fingerprint density at radius 2 is 2.26 bits per heavy atom. The molecule has 8 heteroatoms. The maximum absolute atomic E-state index is 6.24. The molecule has 1 aromatic rings. The lowest BCUT2D eigenvalue weighted by Crippen LogP contribution is -2.47. The number of hydrogen-bond acceptors (Lipinski definition) is 6. The van der Waals surface area contributed by atoms with Gasteiger partial charge in [0.25, 0.3) is 0 Å². The summed E-state index contributed by atoms with van der Waals surface area (Å²) in [6.45, 7) is 1.31. The average molecular weight is 282 g/mol. The minimum atomic E-state index is -0.288. The van der Waals surface area contributed by atoms with E-state index in [0.717, 1.165) is 24.4 Å².